The van der Waals surface area contributed by atoms with E-state index in [2.05, 4.69) is 5.32 Å². The van der Waals surface area contributed by atoms with E-state index in [9.17, 15) is 9.18 Å². The molecule has 0 spiro atoms. The molecule has 0 unspecified atom stereocenters. The number of nitrogens with one attached hydrogen (secondary N) is 1. The largest absolute Gasteiger partial charge is 0.325 e. The summed E-state index contributed by atoms with van der Waals surface area (Å²) in [4.78, 5) is 13.2. The van der Waals surface area contributed by atoms with Gasteiger partial charge in [-0.1, -0.05) is 24.6 Å². The van der Waals surface area contributed by atoms with Gasteiger partial charge in [-0.25, -0.2) is 4.39 Å². The topological polar surface area (TPSA) is 29.1 Å². The van der Waals surface area contributed by atoms with Crippen LogP contribution in [0.25, 0.3) is 0 Å². The summed E-state index contributed by atoms with van der Waals surface area (Å²) in [6.45, 7) is 1.94. The molecule has 21 heavy (non-hydrogen) atoms. The maximum absolute atomic E-state index is 13.1. The molecule has 110 valence electrons. The molecule has 0 bridgehead atoms. The maximum Gasteiger partial charge on any atom is 0.237 e. The molecule has 1 atom stereocenters. The summed E-state index contributed by atoms with van der Waals surface area (Å²) >= 11 is 7.31. The molecule has 0 aliphatic heterocycles. The summed E-state index contributed by atoms with van der Waals surface area (Å²) in [5, 5.41) is 3.16. The van der Waals surface area contributed by atoms with Crippen LogP contribution in [0.1, 0.15) is 13.3 Å². The van der Waals surface area contributed by atoms with E-state index in [0.717, 1.165) is 4.90 Å². The Bertz CT molecular complexity index is 618. The first-order valence-corrected chi connectivity index (χ1v) is 7.83. The van der Waals surface area contributed by atoms with E-state index < -0.39 is 0 Å². The van der Waals surface area contributed by atoms with E-state index in [-0.39, 0.29) is 17.0 Å². The highest BCUT2D eigenvalue weighted by molar-refractivity contribution is 8.00. The lowest BCUT2D eigenvalue weighted by molar-refractivity contribution is -0.115. The number of thioether (sulfide) groups is 1. The van der Waals surface area contributed by atoms with Crippen LogP contribution in [0.4, 0.5) is 10.1 Å². The van der Waals surface area contributed by atoms with Crippen LogP contribution in [0.3, 0.4) is 0 Å². The van der Waals surface area contributed by atoms with Crippen molar-refractivity contribution in [3.05, 3.63) is 59.4 Å². The molecule has 0 saturated heterocycles. The average molecular weight is 324 g/mol. The van der Waals surface area contributed by atoms with Crippen molar-refractivity contribution >= 4 is 35.0 Å². The van der Waals surface area contributed by atoms with E-state index >= 15 is 0 Å². The van der Waals surface area contributed by atoms with Crippen LogP contribution in [-0.2, 0) is 4.79 Å². The molecule has 2 aromatic rings. The van der Waals surface area contributed by atoms with Crippen LogP contribution < -0.4 is 5.32 Å². The number of hydrogen-bond donors (Lipinski definition) is 1. The number of halogens is 2. The Balaban J connectivity index is 2.03. The zero-order valence-electron chi connectivity index (χ0n) is 11.5. The third-order valence-electron chi connectivity index (χ3n) is 2.85. The lowest BCUT2D eigenvalue weighted by atomic mass is 10.2. The van der Waals surface area contributed by atoms with Crippen LogP contribution in [0.2, 0.25) is 5.02 Å². The van der Waals surface area contributed by atoms with Gasteiger partial charge in [0.15, 0.2) is 0 Å². The van der Waals surface area contributed by atoms with Gasteiger partial charge in [0.25, 0.3) is 0 Å². The minimum Gasteiger partial charge on any atom is -0.325 e. The first kappa shape index (κ1) is 15.9. The second kappa shape index (κ2) is 7.48. The fraction of sp³-hybridized carbons (Fsp3) is 0.188. The highest BCUT2D eigenvalue weighted by Gasteiger charge is 2.18. The second-order valence-electron chi connectivity index (χ2n) is 4.47. The van der Waals surface area contributed by atoms with Crippen molar-refractivity contribution in [1.29, 1.82) is 0 Å². The molecule has 0 fully saturated rings. The molecule has 2 rings (SSSR count). The van der Waals surface area contributed by atoms with Crippen molar-refractivity contribution in [1.82, 2.24) is 0 Å². The Labute approximate surface area is 132 Å². The number of hydrogen-bond acceptors (Lipinski definition) is 2. The van der Waals surface area contributed by atoms with Gasteiger partial charge in [-0.3, -0.25) is 4.79 Å². The molecule has 0 aliphatic carbocycles. The van der Waals surface area contributed by atoms with Gasteiger partial charge >= 0.3 is 0 Å². The molecule has 5 heteroatoms. The molecule has 0 heterocycles. The summed E-state index contributed by atoms with van der Waals surface area (Å²) in [5.74, 6) is -0.505. The molecule has 0 aromatic heterocycles. The zero-order chi connectivity index (χ0) is 15.2. The molecular formula is C16H15ClFNOS. The van der Waals surface area contributed by atoms with Gasteiger partial charge in [-0.05, 0) is 48.9 Å². The summed E-state index contributed by atoms with van der Waals surface area (Å²) in [7, 11) is 0. The number of carbonyl (C=O) groups is 1. The van der Waals surface area contributed by atoms with Crippen LogP contribution in [0.5, 0.6) is 0 Å². The Kier molecular flexibility index (Phi) is 5.65. The molecule has 2 nitrogen and oxygen atoms in total. The number of amides is 1. The maximum atomic E-state index is 13.1. The molecule has 1 N–H and O–H groups in total. The lowest BCUT2D eigenvalue weighted by Crippen LogP contribution is -2.24. The quantitative estimate of drug-likeness (QED) is 0.785. The molecule has 0 saturated carbocycles. The summed E-state index contributed by atoms with van der Waals surface area (Å²) < 4.78 is 13.1. The van der Waals surface area contributed by atoms with Gasteiger partial charge in [0.1, 0.15) is 5.82 Å². The van der Waals surface area contributed by atoms with E-state index in [4.69, 9.17) is 11.6 Å². The van der Waals surface area contributed by atoms with E-state index in [1.165, 1.54) is 23.9 Å². The van der Waals surface area contributed by atoms with Crippen LogP contribution in [-0.4, -0.2) is 11.2 Å². The van der Waals surface area contributed by atoms with Gasteiger partial charge in [0, 0.05) is 15.6 Å². The first-order chi connectivity index (χ1) is 10.1. The Hall–Kier alpha value is -1.52. The monoisotopic (exact) mass is 323 g/mol. The van der Waals surface area contributed by atoms with Crippen molar-refractivity contribution in [3.8, 4) is 0 Å². The fourth-order valence-corrected chi connectivity index (χ4v) is 2.87. The summed E-state index contributed by atoms with van der Waals surface area (Å²) in [6, 6.07) is 13.2. The standard InChI is InChI=1S/C16H15ClFNOS/c1-2-15(21-14-8-6-11(17)7-9-14)16(20)19-13-5-3-4-12(18)10-13/h3-10,15H,2H2,1H3,(H,19,20)/t15-/m0/s1. The smallest absolute Gasteiger partial charge is 0.237 e. The summed E-state index contributed by atoms with van der Waals surface area (Å²) in [6.07, 6.45) is 0.675. The third kappa shape index (κ3) is 4.76. The fourth-order valence-electron chi connectivity index (χ4n) is 1.79. The van der Waals surface area contributed by atoms with E-state index in [1.807, 2.05) is 19.1 Å². The van der Waals surface area contributed by atoms with Gasteiger partial charge in [0.05, 0.1) is 5.25 Å². The second-order valence-corrected chi connectivity index (χ2v) is 6.18. The first-order valence-electron chi connectivity index (χ1n) is 6.57. The highest BCUT2D eigenvalue weighted by atomic mass is 35.5. The SMILES string of the molecule is CC[C@H](Sc1ccc(Cl)cc1)C(=O)Nc1cccc(F)c1. The highest BCUT2D eigenvalue weighted by Crippen LogP contribution is 2.27. The predicted octanol–water partition coefficient (Wildman–Crippen LogP) is 4.99. The summed E-state index contributed by atoms with van der Waals surface area (Å²) in [5.41, 5.74) is 0.468. The minimum atomic E-state index is -0.369. The van der Waals surface area contributed by atoms with Gasteiger partial charge in [-0.15, -0.1) is 11.8 Å². The Morgan fingerprint density at radius 3 is 2.62 bits per heavy atom. The lowest BCUT2D eigenvalue weighted by Gasteiger charge is -2.14. The van der Waals surface area contributed by atoms with Crippen LogP contribution in [0.15, 0.2) is 53.4 Å². The average Bonchev–Trinajstić information content (AvgIpc) is 2.46. The number of rotatable bonds is 5. The number of anilines is 1. The third-order valence-corrected chi connectivity index (χ3v) is 4.48. The van der Waals surface area contributed by atoms with Gasteiger partial charge in [0.2, 0.25) is 5.91 Å². The van der Waals surface area contributed by atoms with E-state index in [0.29, 0.717) is 17.1 Å². The molecule has 0 radical (unpaired) electrons. The van der Waals surface area contributed by atoms with E-state index in [1.54, 1.807) is 24.3 Å². The minimum absolute atomic E-state index is 0.136. The molecule has 0 aliphatic rings. The molecule has 2 aromatic carbocycles. The number of benzene rings is 2. The van der Waals surface area contributed by atoms with Crippen LogP contribution >= 0.6 is 23.4 Å². The Morgan fingerprint density at radius 1 is 1.29 bits per heavy atom. The normalized spacial score (nSPS) is 12.0. The van der Waals surface area contributed by atoms with Crippen molar-refractivity contribution < 1.29 is 9.18 Å². The predicted molar refractivity (Wildman–Crippen MR) is 86.4 cm³/mol. The van der Waals surface area contributed by atoms with Gasteiger partial charge < -0.3 is 5.32 Å². The number of carbonyl (C=O) groups excluding carboxylic acids is 1. The molecular weight excluding hydrogens is 309 g/mol. The zero-order valence-corrected chi connectivity index (χ0v) is 13.0. The van der Waals surface area contributed by atoms with Crippen molar-refractivity contribution in [2.75, 3.05) is 5.32 Å². The molecule has 1 amide bonds. The van der Waals surface area contributed by atoms with Crippen LogP contribution in [0, 0.1) is 5.82 Å². The van der Waals surface area contributed by atoms with Gasteiger partial charge in [-0.2, -0.15) is 0 Å². The van der Waals surface area contributed by atoms with Crippen molar-refractivity contribution in [2.24, 2.45) is 0 Å². The van der Waals surface area contributed by atoms with Crippen molar-refractivity contribution in [3.63, 3.8) is 0 Å². The van der Waals surface area contributed by atoms with Crippen molar-refractivity contribution in [2.45, 2.75) is 23.5 Å². The Morgan fingerprint density at radius 2 is 2.00 bits per heavy atom.